The van der Waals surface area contributed by atoms with Crippen LogP contribution in [0.1, 0.15) is 38.2 Å². The zero-order chi connectivity index (χ0) is 11.6. The Hall–Kier alpha value is -1.31. The van der Waals surface area contributed by atoms with Gasteiger partial charge in [0.25, 0.3) is 0 Å². The van der Waals surface area contributed by atoms with Gasteiger partial charge in [0.15, 0.2) is 0 Å². The van der Waals surface area contributed by atoms with Crippen molar-refractivity contribution in [1.29, 1.82) is 0 Å². The topological polar surface area (TPSA) is 26.3 Å². The molecule has 0 aliphatic heterocycles. The van der Waals surface area contributed by atoms with Crippen molar-refractivity contribution in [2.45, 2.75) is 38.0 Å². The largest absolute Gasteiger partial charge is 0.497 e. The molecule has 0 N–H and O–H groups in total. The SMILES string of the molecule is COc1ccc(C2(C)CCCC(=O)C2)cc1. The summed E-state index contributed by atoms with van der Waals surface area (Å²) >= 11 is 0. The van der Waals surface area contributed by atoms with Crippen LogP contribution in [0, 0.1) is 0 Å². The second kappa shape index (κ2) is 4.28. The number of ketones is 1. The summed E-state index contributed by atoms with van der Waals surface area (Å²) in [6.07, 6.45) is 3.55. The number of hydrogen-bond donors (Lipinski definition) is 0. The lowest BCUT2D eigenvalue weighted by Gasteiger charge is -2.33. The minimum absolute atomic E-state index is 0.0294. The summed E-state index contributed by atoms with van der Waals surface area (Å²) in [6, 6.07) is 8.11. The number of ether oxygens (including phenoxy) is 1. The fraction of sp³-hybridized carbons (Fsp3) is 0.500. The summed E-state index contributed by atoms with van der Waals surface area (Å²) in [7, 11) is 1.67. The van der Waals surface area contributed by atoms with Crippen molar-refractivity contribution in [1.82, 2.24) is 0 Å². The molecular formula is C14H18O2. The smallest absolute Gasteiger partial charge is 0.133 e. The molecule has 1 aromatic carbocycles. The molecule has 1 aliphatic carbocycles. The summed E-state index contributed by atoms with van der Waals surface area (Å²) in [5.41, 5.74) is 1.28. The van der Waals surface area contributed by atoms with Gasteiger partial charge >= 0.3 is 0 Å². The standard InChI is InChI=1S/C14H18O2/c1-14(9-3-4-12(15)10-14)11-5-7-13(16-2)8-6-11/h5-8H,3-4,9-10H2,1-2H3. The Morgan fingerprint density at radius 3 is 2.50 bits per heavy atom. The van der Waals surface area contributed by atoms with Crippen LogP contribution < -0.4 is 4.74 Å². The maximum atomic E-state index is 11.6. The molecule has 0 spiro atoms. The number of hydrogen-bond acceptors (Lipinski definition) is 2. The van der Waals surface area contributed by atoms with Crippen LogP contribution in [0.4, 0.5) is 0 Å². The first kappa shape index (κ1) is 11.2. The lowest BCUT2D eigenvalue weighted by Crippen LogP contribution is -2.29. The van der Waals surface area contributed by atoms with E-state index >= 15 is 0 Å². The normalized spacial score (nSPS) is 25.5. The van der Waals surface area contributed by atoms with E-state index in [1.807, 2.05) is 12.1 Å². The number of methoxy groups -OCH3 is 1. The van der Waals surface area contributed by atoms with Crippen LogP contribution in [0.15, 0.2) is 24.3 Å². The predicted octanol–water partition coefficient (Wildman–Crippen LogP) is 3.10. The van der Waals surface area contributed by atoms with Crippen LogP contribution in [0.3, 0.4) is 0 Å². The number of Topliss-reactive ketones (excluding diaryl/α,β-unsaturated/α-hetero) is 1. The molecule has 2 heteroatoms. The highest BCUT2D eigenvalue weighted by Gasteiger charge is 2.32. The molecule has 2 nitrogen and oxygen atoms in total. The molecule has 1 aromatic rings. The molecule has 1 aliphatic rings. The summed E-state index contributed by atoms with van der Waals surface area (Å²) in [4.78, 5) is 11.6. The third-order valence-corrected chi connectivity index (χ3v) is 3.56. The summed E-state index contributed by atoms with van der Waals surface area (Å²) in [6.45, 7) is 2.19. The molecule has 0 heterocycles. The maximum absolute atomic E-state index is 11.6. The Morgan fingerprint density at radius 2 is 1.94 bits per heavy atom. The van der Waals surface area contributed by atoms with Crippen LogP contribution >= 0.6 is 0 Å². The van der Waals surface area contributed by atoms with Gasteiger partial charge in [-0.25, -0.2) is 0 Å². The van der Waals surface area contributed by atoms with E-state index in [0.29, 0.717) is 12.2 Å². The summed E-state index contributed by atoms with van der Waals surface area (Å²) < 4.78 is 5.14. The van der Waals surface area contributed by atoms with Crippen LogP contribution in [0.2, 0.25) is 0 Å². The second-order valence-electron chi connectivity index (χ2n) is 4.86. The van der Waals surface area contributed by atoms with Crippen molar-refractivity contribution in [2.75, 3.05) is 7.11 Å². The first-order valence-electron chi connectivity index (χ1n) is 5.80. The van der Waals surface area contributed by atoms with Gasteiger partial charge in [0.05, 0.1) is 7.11 Å². The van der Waals surface area contributed by atoms with E-state index in [1.54, 1.807) is 7.11 Å². The zero-order valence-electron chi connectivity index (χ0n) is 9.95. The van der Waals surface area contributed by atoms with E-state index in [4.69, 9.17) is 4.74 Å². The molecule has 0 radical (unpaired) electrons. The van der Waals surface area contributed by atoms with Crippen molar-refractivity contribution < 1.29 is 9.53 Å². The highest BCUT2D eigenvalue weighted by Crippen LogP contribution is 2.37. The zero-order valence-corrected chi connectivity index (χ0v) is 9.95. The number of carbonyl (C=O) groups is 1. The number of benzene rings is 1. The molecule has 86 valence electrons. The van der Waals surface area contributed by atoms with E-state index in [0.717, 1.165) is 25.0 Å². The summed E-state index contributed by atoms with van der Waals surface area (Å²) in [5, 5.41) is 0. The van der Waals surface area contributed by atoms with Crippen molar-refractivity contribution in [3.63, 3.8) is 0 Å². The van der Waals surface area contributed by atoms with Crippen molar-refractivity contribution >= 4 is 5.78 Å². The quantitative estimate of drug-likeness (QED) is 0.762. The first-order chi connectivity index (χ1) is 7.64. The lowest BCUT2D eigenvalue weighted by atomic mass is 9.70. The van der Waals surface area contributed by atoms with Crippen molar-refractivity contribution in [3.8, 4) is 5.75 Å². The molecule has 2 rings (SSSR count). The van der Waals surface area contributed by atoms with Gasteiger partial charge in [-0.2, -0.15) is 0 Å². The Kier molecular flexibility index (Phi) is 2.99. The molecule has 0 bridgehead atoms. The fourth-order valence-electron chi connectivity index (χ4n) is 2.53. The predicted molar refractivity (Wildman–Crippen MR) is 63.8 cm³/mol. The Morgan fingerprint density at radius 1 is 1.25 bits per heavy atom. The van der Waals surface area contributed by atoms with E-state index < -0.39 is 0 Å². The maximum Gasteiger partial charge on any atom is 0.133 e. The minimum Gasteiger partial charge on any atom is -0.497 e. The van der Waals surface area contributed by atoms with Crippen LogP contribution in [-0.2, 0) is 10.2 Å². The van der Waals surface area contributed by atoms with Gasteiger partial charge in [-0.05, 0) is 36.0 Å². The van der Waals surface area contributed by atoms with Gasteiger partial charge in [-0.3, -0.25) is 4.79 Å². The van der Waals surface area contributed by atoms with Gasteiger partial charge in [0, 0.05) is 12.8 Å². The Labute approximate surface area is 96.6 Å². The van der Waals surface area contributed by atoms with Crippen LogP contribution in [0.25, 0.3) is 0 Å². The highest BCUT2D eigenvalue weighted by molar-refractivity contribution is 5.80. The molecule has 0 saturated heterocycles. The average molecular weight is 218 g/mol. The summed E-state index contributed by atoms with van der Waals surface area (Å²) in [5.74, 6) is 1.26. The van der Waals surface area contributed by atoms with Crippen LogP contribution in [-0.4, -0.2) is 12.9 Å². The van der Waals surface area contributed by atoms with Crippen molar-refractivity contribution in [2.24, 2.45) is 0 Å². The van der Waals surface area contributed by atoms with Gasteiger partial charge < -0.3 is 4.74 Å². The fourth-order valence-corrected chi connectivity index (χ4v) is 2.53. The van der Waals surface area contributed by atoms with E-state index in [-0.39, 0.29) is 5.41 Å². The second-order valence-corrected chi connectivity index (χ2v) is 4.86. The molecule has 1 fully saturated rings. The Bertz CT molecular complexity index is 380. The number of carbonyl (C=O) groups excluding carboxylic acids is 1. The highest BCUT2D eigenvalue weighted by atomic mass is 16.5. The van der Waals surface area contributed by atoms with E-state index in [1.165, 1.54) is 5.56 Å². The first-order valence-corrected chi connectivity index (χ1v) is 5.80. The number of rotatable bonds is 2. The lowest BCUT2D eigenvalue weighted by molar-refractivity contribution is -0.121. The molecule has 1 atom stereocenters. The van der Waals surface area contributed by atoms with Gasteiger partial charge in [-0.1, -0.05) is 19.1 Å². The molecule has 1 unspecified atom stereocenters. The Balaban J connectivity index is 2.24. The van der Waals surface area contributed by atoms with Gasteiger partial charge in [-0.15, -0.1) is 0 Å². The third-order valence-electron chi connectivity index (χ3n) is 3.56. The van der Waals surface area contributed by atoms with Crippen molar-refractivity contribution in [3.05, 3.63) is 29.8 Å². The van der Waals surface area contributed by atoms with Gasteiger partial charge in [0.1, 0.15) is 11.5 Å². The van der Waals surface area contributed by atoms with E-state index in [9.17, 15) is 4.79 Å². The average Bonchev–Trinajstić information content (AvgIpc) is 2.29. The monoisotopic (exact) mass is 218 g/mol. The third kappa shape index (κ3) is 2.11. The molecular weight excluding hydrogens is 200 g/mol. The van der Waals surface area contributed by atoms with E-state index in [2.05, 4.69) is 19.1 Å². The van der Waals surface area contributed by atoms with Gasteiger partial charge in [0.2, 0.25) is 0 Å². The van der Waals surface area contributed by atoms with Crippen LogP contribution in [0.5, 0.6) is 5.75 Å². The molecule has 1 saturated carbocycles. The molecule has 16 heavy (non-hydrogen) atoms. The molecule has 0 amide bonds. The molecule has 0 aromatic heterocycles. The minimum atomic E-state index is 0.0294.